The topological polar surface area (TPSA) is 62.5 Å². The minimum atomic E-state index is -0.124. The first-order chi connectivity index (χ1) is 9.69. The fourth-order valence-electron chi connectivity index (χ4n) is 2.84. The van der Waals surface area contributed by atoms with E-state index in [-0.39, 0.29) is 11.9 Å². The van der Waals surface area contributed by atoms with Crippen LogP contribution in [0.15, 0.2) is 18.3 Å². The van der Waals surface area contributed by atoms with Crippen molar-refractivity contribution in [2.24, 2.45) is 0 Å². The number of rotatable bonds is 4. The molecule has 2 rings (SSSR count). The largest absolute Gasteiger partial charge is 0.396 e. The summed E-state index contributed by atoms with van der Waals surface area (Å²) in [7, 11) is 0. The second kappa shape index (κ2) is 6.59. The molecule has 110 valence electrons. The molecular weight excluding hydrogens is 252 g/mol. The summed E-state index contributed by atoms with van der Waals surface area (Å²) in [6.45, 7) is 6.38. The predicted octanol–water partition coefficient (Wildman–Crippen LogP) is 1.89. The molecule has 1 aromatic rings. The monoisotopic (exact) mass is 276 g/mol. The van der Waals surface area contributed by atoms with Crippen molar-refractivity contribution in [3.8, 4) is 0 Å². The van der Waals surface area contributed by atoms with E-state index in [9.17, 15) is 4.79 Å². The summed E-state index contributed by atoms with van der Waals surface area (Å²) in [5.74, 6) is 0.942. The van der Waals surface area contributed by atoms with Crippen LogP contribution in [-0.4, -0.2) is 41.5 Å². The van der Waals surface area contributed by atoms with Crippen molar-refractivity contribution in [3.05, 3.63) is 18.3 Å². The van der Waals surface area contributed by atoms with Gasteiger partial charge >= 0.3 is 0 Å². The fourth-order valence-corrected chi connectivity index (χ4v) is 2.84. The summed E-state index contributed by atoms with van der Waals surface area (Å²) in [5.41, 5.74) is 6.67. The Balaban J connectivity index is 2.26. The molecule has 1 aliphatic heterocycles. The van der Waals surface area contributed by atoms with Gasteiger partial charge in [0.2, 0.25) is 5.91 Å². The maximum absolute atomic E-state index is 12.7. The Morgan fingerprint density at radius 1 is 1.45 bits per heavy atom. The number of amides is 1. The molecule has 1 fully saturated rings. The van der Waals surface area contributed by atoms with Crippen molar-refractivity contribution in [3.63, 3.8) is 0 Å². The minimum Gasteiger partial charge on any atom is -0.396 e. The number of likely N-dealkylation sites (N-methyl/N-ethyl adjacent to an activating group) is 1. The smallest absolute Gasteiger partial charge is 0.245 e. The van der Waals surface area contributed by atoms with Crippen LogP contribution in [-0.2, 0) is 4.79 Å². The second-order valence-corrected chi connectivity index (χ2v) is 5.13. The van der Waals surface area contributed by atoms with E-state index in [0.29, 0.717) is 5.69 Å². The zero-order chi connectivity index (χ0) is 14.5. The maximum atomic E-state index is 12.7. The van der Waals surface area contributed by atoms with Crippen molar-refractivity contribution >= 4 is 17.4 Å². The molecule has 0 aromatic carbocycles. The van der Waals surface area contributed by atoms with E-state index in [4.69, 9.17) is 5.73 Å². The van der Waals surface area contributed by atoms with Crippen LogP contribution in [0.2, 0.25) is 0 Å². The normalized spacial score (nSPS) is 18.9. The van der Waals surface area contributed by atoms with Crippen LogP contribution in [0.25, 0.3) is 0 Å². The van der Waals surface area contributed by atoms with Crippen LogP contribution in [0.3, 0.4) is 0 Å². The summed E-state index contributed by atoms with van der Waals surface area (Å²) in [6, 6.07) is 3.54. The number of aromatic nitrogens is 1. The molecule has 0 bridgehead atoms. The first kappa shape index (κ1) is 14.6. The van der Waals surface area contributed by atoms with E-state index < -0.39 is 0 Å². The van der Waals surface area contributed by atoms with Crippen molar-refractivity contribution in [2.75, 3.05) is 30.3 Å². The quantitative estimate of drug-likeness (QED) is 0.912. The highest BCUT2D eigenvalue weighted by Crippen LogP contribution is 2.28. The van der Waals surface area contributed by atoms with Gasteiger partial charge in [0.15, 0.2) is 5.82 Å². The number of nitrogen functional groups attached to an aromatic ring is 1. The van der Waals surface area contributed by atoms with E-state index >= 15 is 0 Å². The van der Waals surface area contributed by atoms with Crippen molar-refractivity contribution in [1.82, 2.24) is 9.88 Å². The molecule has 5 heteroatoms. The molecule has 0 spiro atoms. The van der Waals surface area contributed by atoms with Crippen LogP contribution in [0.1, 0.15) is 33.1 Å². The fraction of sp³-hybridized carbons (Fsp3) is 0.600. The van der Waals surface area contributed by atoms with Crippen molar-refractivity contribution in [2.45, 2.75) is 39.2 Å². The van der Waals surface area contributed by atoms with Gasteiger partial charge in [-0.1, -0.05) is 0 Å². The van der Waals surface area contributed by atoms with E-state index in [0.717, 1.165) is 44.7 Å². The van der Waals surface area contributed by atoms with Gasteiger partial charge in [-0.3, -0.25) is 4.79 Å². The number of pyridine rings is 1. The van der Waals surface area contributed by atoms with Gasteiger partial charge in [0.05, 0.1) is 5.69 Å². The number of anilines is 2. The van der Waals surface area contributed by atoms with Crippen molar-refractivity contribution in [1.29, 1.82) is 0 Å². The SMILES string of the molecule is CCN(CC)C(=O)[C@@H]1CCCCN1c1ncccc1N. The van der Waals surface area contributed by atoms with Gasteiger partial charge in [-0.05, 0) is 45.2 Å². The van der Waals surface area contributed by atoms with Gasteiger partial charge < -0.3 is 15.5 Å². The molecule has 5 nitrogen and oxygen atoms in total. The number of piperidine rings is 1. The lowest BCUT2D eigenvalue weighted by Gasteiger charge is -2.38. The average Bonchev–Trinajstić information content (AvgIpc) is 2.49. The maximum Gasteiger partial charge on any atom is 0.245 e. The number of nitrogens with zero attached hydrogens (tertiary/aromatic N) is 3. The first-order valence-electron chi connectivity index (χ1n) is 7.45. The van der Waals surface area contributed by atoms with Gasteiger partial charge in [0.1, 0.15) is 6.04 Å². The summed E-state index contributed by atoms with van der Waals surface area (Å²) in [5, 5.41) is 0. The minimum absolute atomic E-state index is 0.124. The molecule has 1 saturated heterocycles. The molecule has 1 atom stereocenters. The Morgan fingerprint density at radius 2 is 2.20 bits per heavy atom. The van der Waals surface area contributed by atoms with Gasteiger partial charge in [0.25, 0.3) is 0 Å². The van der Waals surface area contributed by atoms with E-state index in [2.05, 4.69) is 9.88 Å². The summed E-state index contributed by atoms with van der Waals surface area (Å²) in [4.78, 5) is 21.0. The Morgan fingerprint density at radius 3 is 2.85 bits per heavy atom. The third-order valence-electron chi connectivity index (χ3n) is 3.95. The van der Waals surface area contributed by atoms with E-state index in [1.54, 1.807) is 6.20 Å². The number of hydrogen-bond donors (Lipinski definition) is 1. The predicted molar refractivity (Wildman–Crippen MR) is 81.6 cm³/mol. The average molecular weight is 276 g/mol. The zero-order valence-electron chi connectivity index (χ0n) is 12.4. The lowest BCUT2D eigenvalue weighted by atomic mass is 10.0. The zero-order valence-corrected chi connectivity index (χ0v) is 12.4. The molecule has 1 amide bonds. The van der Waals surface area contributed by atoms with Crippen LogP contribution < -0.4 is 10.6 Å². The number of carbonyl (C=O) groups is 1. The highest BCUT2D eigenvalue weighted by molar-refractivity contribution is 5.86. The molecular formula is C15H24N4O. The summed E-state index contributed by atoms with van der Waals surface area (Å²) < 4.78 is 0. The molecule has 1 aliphatic rings. The molecule has 0 unspecified atom stereocenters. The molecule has 20 heavy (non-hydrogen) atoms. The third-order valence-corrected chi connectivity index (χ3v) is 3.95. The summed E-state index contributed by atoms with van der Waals surface area (Å²) in [6.07, 6.45) is 4.78. The lowest BCUT2D eigenvalue weighted by molar-refractivity contribution is -0.132. The van der Waals surface area contributed by atoms with Gasteiger partial charge in [0, 0.05) is 25.8 Å². The van der Waals surface area contributed by atoms with Crippen molar-refractivity contribution < 1.29 is 4.79 Å². The number of carbonyl (C=O) groups excluding carboxylic acids is 1. The molecule has 0 aliphatic carbocycles. The molecule has 2 heterocycles. The Hall–Kier alpha value is -1.78. The highest BCUT2D eigenvalue weighted by atomic mass is 16.2. The number of hydrogen-bond acceptors (Lipinski definition) is 4. The van der Waals surface area contributed by atoms with Crippen LogP contribution in [0.5, 0.6) is 0 Å². The van der Waals surface area contributed by atoms with E-state index in [1.165, 1.54) is 0 Å². The van der Waals surface area contributed by atoms with Gasteiger partial charge in [-0.2, -0.15) is 0 Å². The van der Waals surface area contributed by atoms with Crippen LogP contribution >= 0.6 is 0 Å². The van der Waals surface area contributed by atoms with Gasteiger partial charge in [-0.25, -0.2) is 4.98 Å². The van der Waals surface area contributed by atoms with E-state index in [1.807, 2.05) is 30.9 Å². The molecule has 2 N–H and O–H groups in total. The Bertz CT molecular complexity index is 459. The standard InChI is InChI=1S/C15H24N4O/c1-3-18(4-2)15(20)13-9-5-6-11-19(13)14-12(16)8-7-10-17-14/h7-8,10,13H,3-6,9,11,16H2,1-2H3/t13-/m0/s1. The third kappa shape index (κ3) is 2.86. The Labute approximate surface area is 120 Å². The lowest BCUT2D eigenvalue weighted by Crippen LogP contribution is -2.51. The Kier molecular flexibility index (Phi) is 4.82. The highest BCUT2D eigenvalue weighted by Gasteiger charge is 2.32. The van der Waals surface area contributed by atoms with Crippen LogP contribution in [0.4, 0.5) is 11.5 Å². The van der Waals surface area contributed by atoms with Gasteiger partial charge in [-0.15, -0.1) is 0 Å². The second-order valence-electron chi connectivity index (χ2n) is 5.13. The molecule has 0 radical (unpaired) electrons. The van der Waals surface area contributed by atoms with Crippen LogP contribution in [0, 0.1) is 0 Å². The summed E-state index contributed by atoms with van der Waals surface area (Å²) >= 11 is 0. The first-order valence-corrected chi connectivity index (χ1v) is 7.45. The molecule has 0 saturated carbocycles. The number of nitrogens with two attached hydrogens (primary N) is 1. The molecule has 1 aromatic heterocycles.